The highest BCUT2D eigenvalue weighted by molar-refractivity contribution is 5.78. The van der Waals surface area contributed by atoms with E-state index in [-0.39, 0.29) is 6.04 Å². The Labute approximate surface area is 74.5 Å². The predicted molar refractivity (Wildman–Crippen MR) is 49.8 cm³/mol. The molecular weight excluding hydrogens is 150 g/mol. The zero-order valence-corrected chi connectivity index (χ0v) is 7.88. The molecule has 70 valence electrons. The minimum Gasteiger partial charge on any atom is -0.328 e. The van der Waals surface area contributed by atoms with E-state index in [0.29, 0.717) is 18.1 Å². The average molecular weight is 169 g/mol. The summed E-state index contributed by atoms with van der Waals surface area (Å²) < 4.78 is 0. The van der Waals surface area contributed by atoms with Gasteiger partial charge in [0.1, 0.15) is 5.78 Å². The third kappa shape index (κ3) is 3.35. The monoisotopic (exact) mass is 169 g/mol. The molecule has 0 aromatic heterocycles. The van der Waals surface area contributed by atoms with Gasteiger partial charge in [-0.1, -0.05) is 19.3 Å². The van der Waals surface area contributed by atoms with Crippen LogP contribution in [0.3, 0.4) is 0 Å². The van der Waals surface area contributed by atoms with Crippen LogP contribution < -0.4 is 5.73 Å². The lowest BCUT2D eigenvalue weighted by molar-refractivity contribution is -0.120. The molecule has 0 saturated heterocycles. The van der Waals surface area contributed by atoms with Crippen molar-refractivity contribution in [1.82, 2.24) is 0 Å². The number of ketones is 1. The number of carbonyl (C=O) groups is 1. The number of carbonyl (C=O) groups excluding carboxylic acids is 1. The van der Waals surface area contributed by atoms with Crippen molar-refractivity contribution in [2.45, 2.75) is 51.5 Å². The Morgan fingerprint density at radius 2 is 2.25 bits per heavy atom. The van der Waals surface area contributed by atoms with E-state index >= 15 is 0 Å². The Kier molecular flexibility index (Phi) is 3.73. The highest BCUT2D eigenvalue weighted by atomic mass is 16.1. The van der Waals surface area contributed by atoms with Gasteiger partial charge >= 0.3 is 0 Å². The molecule has 1 atom stereocenters. The zero-order chi connectivity index (χ0) is 8.97. The van der Waals surface area contributed by atoms with Crippen LogP contribution in [-0.2, 0) is 4.79 Å². The van der Waals surface area contributed by atoms with Gasteiger partial charge in [0.25, 0.3) is 0 Å². The lowest BCUT2D eigenvalue weighted by Gasteiger charge is -2.24. The second-order valence-corrected chi connectivity index (χ2v) is 4.06. The fourth-order valence-electron chi connectivity index (χ4n) is 1.51. The first-order valence-electron chi connectivity index (χ1n) is 4.95. The van der Waals surface area contributed by atoms with E-state index in [1.165, 1.54) is 19.3 Å². The van der Waals surface area contributed by atoms with Gasteiger partial charge in [-0.2, -0.15) is 0 Å². The quantitative estimate of drug-likeness (QED) is 0.682. The number of hydrogen-bond acceptors (Lipinski definition) is 2. The molecule has 0 aromatic rings. The molecule has 0 amide bonds. The minimum atomic E-state index is 0.176. The summed E-state index contributed by atoms with van der Waals surface area (Å²) >= 11 is 0. The van der Waals surface area contributed by atoms with Crippen molar-refractivity contribution in [3.8, 4) is 0 Å². The standard InChI is InChI=1S/C10H19NO/c1-8(11)5-6-10(12)7-9-3-2-4-9/h8-9H,2-7,11H2,1H3. The van der Waals surface area contributed by atoms with Gasteiger partial charge in [-0.05, 0) is 19.3 Å². The van der Waals surface area contributed by atoms with Gasteiger partial charge in [0.05, 0.1) is 0 Å². The number of rotatable bonds is 5. The van der Waals surface area contributed by atoms with E-state index in [9.17, 15) is 4.79 Å². The summed E-state index contributed by atoms with van der Waals surface area (Å²) in [5, 5.41) is 0. The summed E-state index contributed by atoms with van der Waals surface area (Å²) in [6.45, 7) is 1.95. The molecule has 1 aliphatic carbocycles. The third-order valence-electron chi connectivity index (χ3n) is 2.62. The van der Waals surface area contributed by atoms with E-state index in [0.717, 1.165) is 12.8 Å². The average Bonchev–Trinajstić information content (AvgIpc) is 1.93. The van der Waals surface area contributed by atoms with Crippen LogP contribution in [0.2, 0.25) is 0 Å². The van der Waals surface area contributed by atoms with Gasteiger partial charge in [0.2, 0.25) is 0 Å². The summed E-state index contributed by atoms with van der Waals surface area (Å²) in [7, 11) is 0. The summed E-state index contributed by atoms with van der Waals surface area (Å²) in [5.41, 5.74) is 5.57. The van der Waals surface area contributed by atoms with Crippen LogP contribution in [0.4, 0.5) is 0 Å². The fourth-order valence-corrected chi connectivity index (χ4v) is 1.51. The molecule has 12 heavy (non-hydrogen) atoms. The number of hydrogen-bond donors (Lipinski definition) is 1. The van der Waals surface area contributed by atoms with Crippen molar-refractivity contribution in [3.05, 3.63) is 0 Å². The lowest BCUT2D eigenvalue weighted by Crippen LogP contribution is -2.19. The van der Waals surface area contributed by atoms with E-state index in [2.05, 4.69) is 0 Å². The van der Waals surface area contributed by atoms with E-state index in [1.54, 1.807) is 0 Å². The first-order chi connectivity index (χ1) is 5.68. The van der Waals surface area contributed by atoms with Crippen molar-refractivity contribution in [2.24, 2.45) is 11.7 Å². The van der Waals surface area contributed by atoms with Crippen LogP contribution in [0, 0.1) is 5.92 Å². The van der Waals surface area contributed by atoms with E-state index < -0.39 is 0 Å². The summed E-state index contributed by atoms with van der Waals surface area (Å²) in [6.07, 6.45) is 6.21. The SMILES string of the molecule is CC(N)CCC(=O)CC1CCC1. The Morgan fingerprint density at radius 3 is 2.67 bits per heavy atom. The zero-order valence-electron chi connectivity index (χ0n) is 7.88. The molecule has 0 aromatic carbocycles. The van der Waals surface area contributed by atoms with Gasteiger partial charge < -0.3 is 5.73 Å². The van der Waals surface area contributed by atoms with Crippen molar-refractivity contribution >= 4 is 5.78 Å². The van der Waals surface area contributed by atoms with Crippen molar-refractivity contribution < 1.29 is 4.79 Å². The summed E-state index contributed by atoms with van der Waals surface area (Å²) in [5.74, 6) is 1.13. The predicted octanol–water partition coefficient (Wildman–Crippen LogP) is 1.87. The molecule has 0 heterocycles. The molecule has 2 nitrogen and oxygen atoms in total. The molecule has 1 aliphatic rings. The van der Waals surface area contributed by atoms with Crippen molar-refractivity contribution in [1.29, 1.82) is 0 Å². The van der Waals surface area contributed by atoms with Crippen LogP contribution in [-0.4, -0.2) is 11.8 Å². The smallest absolute Gasteiger partial charge is 0.133 e. The topological polar surface area (TPSA) is 43.1 Å². The summed E-state index contributed by atoms with van der Waals surface area (Å²) in [4.78, 5) is 11.3. The largest absolute Gasteiger partial charge is 0.328 e. The maximum absolute atomic E-state index is 11.3. The van der Waals surface area contributed by atoms with Crippen molar-refractivity contribution in [2.75, 3.05) is 0 Å². The van der Waals surface area contributed by atoms with Gasteiger partial charge in [0.15, 0.2) is 0 Å². The van der Waals surface area contributed by atoms with Crippen LogP contribution in [0.15, 0.2) is 0 Å². The molecule has 1 rings (SSSR count). The van der Waals surface area contributed by atoms with E-state index in [1.807, 2.05) is 6.92 Å². The van der Waals surface area contributed by atoms with Crippen LogP contribution in [0.1, 0.15) is 45.4 Å². The van der Waals surface area contributed by atoms with Gasteiger partial charge in [0, 0.05) is 18.9 Å². The first kappa shape index (κ1) is 9.72. The number of nitrogens with two attached hydrogens (primary N) is 1. The Balaban J connectivity index is 2.03. The Bertz CT molecular complexity index is 150. The lowest BCUT2D eigenvalue weighted by atomic mass is 9.81. The summed E-state index contributed by atoms with van der Waals surface area (Å²) in [6, 6.07) is 0.176. The van der Waals surface area contributed by atoms with Crippen molar-refractivity contribution in [3.63, 3.8) is 0 Å². The highest BCUT2D eigenvalue weighted by Crippen LogP contribution is 2.29. The van der Waals surface area contributed by atoms with Crippen LogP contribution >= 0.6 is 0 Å². The van der Waals surface area contributed by atoms with Crippen LogP contribution in [0.5, 0.6) is 0 Å². The normalized spacial score (nSPS) is 20.2. The highest BCUT2D eigenvalue weighted by Gasteiger charge is 2.20. The molecule has 0 radical (unpaired) electrons. The maximum atomic E-state index is 11.3. The molecule has 1 fully saturated rings. The molecule has 0 spiro atoms. The molecule has 1 unspecified atom stereocenters. The molecule has 0 bridgehead atoms. The first-order valence-corrected chi connectivity index (χ1v) is 4.95. The second kappa shape index (κ2) is 4.61. The Morgan fingerprint density at radius 1 is 1.58 bits per heavy atom. The maximum Gasteiger partial charge on any atom is 0.133 e. The van der Waals surface area contributed by atoms with E-state index in [4.69, 9.17) is 5.73 Å². The van der Waals surface area contributed by atoms with Gasteiger partial charge in [-0.3, -0.25) is 4.79 Å². The molecule has 0 aliphatic heterocycles. The van der Waals surface area contributed by atoms with Gasteiger partial charge in [-0.15, -0.1) is 0 Å². The molecule has 2 heteroatoms. The number of Topliss-reactive ketones (excluding diaryl/α,β-unsaturated/α-hetero) is 1. The Hall–Kier alpha value is -0.370. The minimum absolute atomic E-state index is 0.176. The van der Waals surface area contributed by atoms with Crippen LogP contribution in [0.25, 0.3) is 0 Å². The third-order valence-corrected chi connectivity index (χ3v) is 2.62. The molecule has 2 N–H and O–H groups in total. The van der Waals surface area contributed by atoms with Gasteiger partial charge in [-0.25, -0.2) is 0 Å². The fraction of sp³-hybridized carbons (Fsp3) is 0.900. The molecule has 1 saturated carbocycles. The molecular formula is C10H19NO. The second-order valence-electron chi connectivity index (χ2n) is 4.06.